The van der Waals surface area contributed by atoms with Crippen molar-refractivity contribution in [3.8, 4) is 39.3 Å². The van der Waals surface area contributed by atoms with Crippen molar-refractivity contribution >= 4 is 65.7 Å². The molecule has 5 aromatic heterocycles. The summed E-state index contributed by atoms with van der Waals surface area (Å²) in [6.07, 6.45) is 3.88. The quantitative estimate of drug-likeness (QED) is 0.190. The SMILES string of the molecule is c1cc(-c2ccc3oc4ccccc4c3c2)nc(-c2ccc3oc4ccc(-c5cncc(-n6c7ccccc7c7ccccc76)c5)cc4c3c2)c1. The number of aromatic nitrogens is 3. The monoisotopic (exact) mass is 653 g/mol. The summed E-state index contributed by atoms with van der Waals surface area (Å²) < 4.78 is 14.7. The number of para-hydroxylation sites is 3. The van der Waals surface area contributed by atoms with E-state index in [-0.39, 0.29) is 0 Å². The molecule has 11 rings (SSSR count). The highest BCUT2D eigenvalue weighted by atomic mass is 16.3. The average Bonchev–Trinajstić information content (AvgIpc) is 3.86. The van der Waals surface area contributed by atoms with Crippen LogP contribution in [0.15, 0.2) is 173 Å². The molecular formula is C46H27N3O2. The molecule has 0 amide bonds. The van der Waals surface area contributed by atoms with E-state index >= 15 is 0 Å². The van der Waals surface area contributed by atoms with Crippen LogP contribution in [0.5, 0.6) is 0 Å². The zero-order valence-electron chi connectivity index (χ0n) is 27.2. The minimum Gasteiger partial charge on any atom is -0.456 e. The van der Waals surface area contributed by atoms with Gasteiger partial charge in [-0.2, -0.15) is 0 Å². The molecule has 5 nitrogen and oxygen atoms in total. The second kappa shape index (κ2) is 10.8. The molecule has 5 heteroatoms. The van der Waals surface area contributed by atoms with Gasteiger partial charge in [-0.3, -0.25) is 4.98 Å². The maximum absolute atomic E-state index is 6.33. The first-order chi connectivity index (χ1) is 25.2. The third-order valence-electron chi connectivity index (χ3n) is 10.1. The predicted octanol–water partition coefficient (Wildman–Crippen LogP) is 12.4. The fourth-order valence-electron chi connectivity index (χ4n) is 7.67. The second-order valence-electron chi connectivity index (χ2n) is 13.0. The number of benzene rings is 6. The Morgan fingerprint density at radius 1 is 0.373 bits per heavy atom. The Hall–Kier alpha value is -6.98. The Labute approximate surface area is 291 Å². The van der Waals surface area contributed by atoms with E-state index in [1.54, 1.807) is 0 Å². The molecule has 0 aliphatic carbocycles. The summed E-state index contributed by atoms with van der Waals surface area (Å²) in [7, 11) is 0. The molecule has 0 N–H and O–H groups in total. The Bertz CT molecular complexity index is 3110. The zero-order chi connectivity index (χ0) is 33.5. The van der Waals surface area contributed by atoms with E-state index in [0.29, 0.717) is 0 Å². The van der Waals surface area contributed by atoms with Crippen LogP contribution in [0.4, 0.5) is 0 Å². The number of rotatable bonds is 4. The molecule has 0 bridgehead atoms. The summed E-state index contributed by atoms with van der Waals surface area (Å²) in [6.45, 7) is 0. The molecule has 0 unspecified atom stereocenters. The summed E-state index contributed by atoms with van der Waals surface area (Å²) in [5, 5.41) is 6.76. The maximum atomic E-state index is 6.33. The fourth-order valence-corrected chi connectivity index (χ4v) is 7.67. The summed E-state index contributed by atoms with van der Waals surface area (Å²) in [4.78, 5) is 9.84. The summed E-state index contributed by atoms with van der Waals surface area (Å²) in [5.41, 5.74) is 12.8. The van der Waals surface area contributed by atoms with Crippen molar-refractivity contribution in [1.82, 2.24) is 14.5 Å². The molecule has 11 aromatic rings. The Kier molecular flexibility index (Phi) is 5.89. The predicted molar refractivity (Wildman–Crippen MR) is 207 cm³/mol. The summed E-state index contributed by atoms with van der Waals surface area (Å²) in [5.74, 6) is 0. The molecule has 0 fully saturated rings. The Balaban J connectivity index is 0.994. The van der Waals surface area contributed by atoms with E-state index in [9.17, 15) is 0 Å². The van der Waals surface area contributed by atoms with Gasteiger partial charge in [0.05, 0.1) is 34.3 Å². The number of hydrogen-bond donors (Lipinski definition) is 0. The first-order valence-electron chi connectivity index (χ1n) is 17.0. The van der Waals surface area contributed by atoms with Crippen LogP contribution < -0.4 is 0 Å². The van der Waals surface area contributed by atoms with Crippen molar-refractivity contribution in [2.45, 2.75) is 0 Å². The van der Waals surface area contributed by atoms with Crippen LogP contribution in [0.3, 0.4) is 0 Å². The summed E-state index contributed by atoms with van der Waals surface area (Å²) >= 11 is 0. The van der Waals surface area contributed by atoms with Crippen LogP contribution in [0, 0.1) is 0 Å². The highest BCUT2D eigenvalue weighted by Gasteiger charge is 2.15. The van der Waals surface area contributed by atoms with Gasteiger partial charge in [0.1, 0.15) is 22.3 Å². The van der Waals surface area contributed by atoms with Crippen molar-refractivity contribution in [2.75, 3.05) is 0 Å². The molecular weight excluding hydrogens is 627 g/mol. The third-order valence-corrected chi connectivity index (χ3v) is 10.1. The Morgan fingerprint density at radius 3 is 1.53 bits per heavy atom. The molecule has 0 radical (unpaired) electrons. The number of pyridine rings is 2. The first-order valence-corrected chi connectivity index (χ1v) is 17.0. The zero-order valence-corrected chi connectivity index (χ0v) is 27.2. The largest absolute Gasteiger partial charge is 0.456 e. The number of furan rings is 2. The van der Waals surface area contributed by atoms with Gasteiger partial charge in [-0.25, -0.2) is 4.98 Å². The molecule has 0 aliphatic rings. The topological polar surface area (TPSA) is 57.0 Å². The van der Waals surface area contributed by atoms with Crippen LogP contribution in [0.25, 0.3) is 105 Å². The first kappa shape index (κ1) is 27.9. The van der Waals surface area contributed by atoms with Gasteiger partial charge in [-0.15, -0.1) is 0 Å². The normalized spacial score (nSPS) is 11.9. The van der Waals surface area contributed by atoms with E-state index < -0.39 is 0 Å². The lowest BCUT2D eigenvalue weighted by atomic mass is 10.0. The molecule has 0 atom stereocenters. The van der Waals surface area contributed by atoms with Gasteiger partial charge >= 0.3 is 0 Å². The van der Waals surface area contributed by atoms with E-state index in [1.807, 2.05) is 42.7 Å². The van der Waals surface area contributed by atoms with Gasteiger partial charge in [0.15, 0.2) is 0 Å². The third kappa shape index (κ3) is 4.35. The highest BCUT2D eigenvalue weighted by molar-refractivity contribution is 6.10. The van der Waals surface area contributed by atoms with E-state index in [0.717, 1.165) is 94.2 Å². The maximum Gasteiger partial charge on any atom is 0.135 e. The van der Waals surface area contributed by atoms with Crippen molar-refractivity contribution in [3.63, 3.8) is 0 Å². The second-order valence-corrected chi connectivity index (χ2v) is 13.0. The van der Waals surface area contributed by atoms with Crippen LogP contribution in [-0.2, 0) is 0 Å². The molecule has 0 saturated heterocycles. The lowest BCUT2D eigenvalue weighted by Gasteiger charge is -2.10. The van der Waals surface area contributed by atoms with Gasteiger partial charge in [-0.05, 0) is 90.5 Å². The smallest absolute Gasteiger partial charge is 0.135 e. The fraction of sp³-hybridized carbons (Fsp3) is 0. The minimum absolute atomic E-state index is 0.844. The Morgan fingerprint density at radius 2 is 0.882 bits per heavy atom. The lowest BCUT2D eigenvalue weighted by Crippen LogP contribution is -1.95. The highest BCUT2D eigenvalue weighted by Crippen LogP contribution is 2.37. The van der Waals surface area contributed by atoms with Crippen molar-refractivity contribution in [2.24, 2.45) is 0 Å². The summed E-state index contributed by atoms with van der Waals surface area (Å²) in [6, 6.07) is 52.7. The standard InChI is InChI=1S/C46H27N3O2/c1-4-13-41-33(8-1)34-9-2-5-14-42(34)49(41)32-22-31(26-47-27-32)28-16-19-45-37(23-28)38-25-30(18-21-46(38)51-45)40-12-7-11-39(48-40)29-17-20-44-36(24-29)35-10-3-6-15-43(35)50-44/h1-27H. The van der Waals surface area contributed by atoms with E-state index in [1.165, 1.54) is 10.8 Å². The van der Waals surface area contributed by atoms with Crippen LogP contribution >= 0.6 is 0 Å². The van der Waals surface area contributed by atoms with Crippen molar-refractivity contribution in [3.05, 3.63) is 164 Å². The molecule has 6 aromatic carbocycles. The van der Waals surface area contributed by atoms with Crippen LogP contribution in [0.2, 0.25) is 0 Å². The van der Waals surface area contributed by atoms with Crippen molar-refractivity contribution in [1.29, 1.82) is 0 Å². The van der Waals surface area contributed by atoms with Crippen LogP contribution in [0.1, 0.15) is 0 Å². The van der Waals surface area contributed by atoms with E-state index in [4.69, 9.17) is 18.8 Å². The molecule has 5 heterocycles. The van der Waals surface area contributed by atoms with Gasteiger partial charge in [0, 0.05) is 55.2 Å². The van der Waals surface area contributed by atoms with Crippen LogP contribution in [-0.4, -0.2) is 14.5 Å². The van der Waals surface area contributed by atoms with Gasteiger partial charge in [0.2, 0.25) is 0 Å². The average molecular weight is 654 g/mol. The van der Waals surface area contributed by atoms with Gasteiger partial charge < -0.3 is 13.4 Å². The molecule has 238 valence electrons. The number of nitrogens with zero attached hydrogens (tertiary/aromatic N) is 3. The van der Waals surface area contributed by atoms with Gasteiger partial charge in [-0.1, -0.05) is 66.7 Å². The van der Waals surface area contributed by atoms with E-state index in [2.05, 4.69) is 126 Å². The lowest BCUT2D eigenvalue weighted by molar-refractivity contribution is 0.668. The minimum atomic E-state index is 0.844. The van der Waals surface area contributed by atoms with Crippen molar-refractivity contribution < 1.29 is 8.83 Å². The molecule has 51 heavy (non-hydrogen) atoms. The molecule has 0 aliphatic heterocycles. The molecule has 0 spiro atoms. The number of fused-ring (bicyclic) bond motifs is 9. The van der Waals surface area contributed by atoms with Gasteiger partial charge in [0.25, 0.3) is 0 Å². The number of hydrogen-bond acceptors (Lipinski definition) is 4. The molecule has 0 saturated carbocycles.